The van der Waals surface area contributed by atoms with E-state index in [1.165, 1.54) is 0 Å². The fourth-order valence-electron chi connectivity index (χ4n) is 1.03. The van der Waals surface area contributed by atoms with E-state index in [9.17, 15) is 0 Å². The molecule has 2 rings (SSSR count). The van der Waals surface area contributed by atoms with Crippen LogP contribution >= 0.6 is 0 Å². The van der Waals surface area contributed by atoms with E-state index < -0.39 is 0 Å². The smallest absolute Gasteiger partial charge is 0.154 e. The number of hydrogen-bond acceptors (Lipinski definition) is 3. The van der Waals surface area contributed by atoms with E-state index in [1.807, 2.05) is 6.92 Å². The van der Waals surface area contributed by atoms with Crippen LogP contribution in [0.2, 0.25) is 0 Å². The Kier molecular flexibility index (Phi) is 1.06. The molecule has 0 unspecified atom stereocenters. The molecule has 10 heavy (non-hydrogen) atoms. The maximum Gasteiger partial charge on any atom is 0.154 e. The van der Waals surface area contributed by atoms with Gasteiger partial charge in [0.05, 0.1) is 0 Å². The first-order valence-corrected chi connectivity index (χ1v) is 3.29. The lowest BCUT2D eigenvalue weighted by atomic mass is 10.2. The quantitative estimate of drug-likeness (QED) is 0.519. The van der Waals surface area contributed by atoms with E-state index >= 15 is 0 Å². The molecule has 0 fully saturated rings. The van der Waals surface area contributed by atoms with Gasteiger partial charge in [0, 0.05) is 12.1 Å². The van der Waals surface area contributed by atoms with Crippen molar-refractivity contribution < 1.29 is 0 Å². The van der Waals surface area contributed by atoms with E-state index in [2.05, 4.69) is 15.3 Å². The highest BCUT2D eigenvalue weighted by atomic mass is 15.4. The van der Waals surface area contributed by atoms with Crippen LogP contribution in [-0.4, -0.2) is 20.6 Å². The maximum atomic E-state index is 4.21. The van der Waals surface area contributed by atoms with E-state index in [-0.39, 0.29) is 0 Å². The van der Waals surface area contributed by atoms with Crippen LogP contribution in [0.4, 0.5) is 0 Å². The second kappa shape index (κ2) is 1.90. The molecular weight excluding hydrogens is 128 g/mol. The molecular formula is C6H8N4. The van der Waals surface area contributed by atoms with Gasteiger partial charge in [0.25, 0.3) is 0 Å². The molecule has 0 N–H and O–H groups in total. The minimum Gasteiger partial charge on any atom is -0.205 e. The molecule has 4 heteroatoms. The van der Waals surface area contributed by atoms with Crippen molar-refractivity contribution in [3.8, 4) is 0 Å². The Morgan fingerprint density at radius 1 is 1.50 bits per heavy atom. The summed E-state index contributed by atoms with van der Waals surface area (Å²) in [4.78, 5) is 0. The Hall–Kier alpha value is -1.19. The lowest BCUT2D eigenvalue weighted by Crippen LogP contribution is -2.09. The third-order valence-electron chi connectivity index (χ3n) is 1.59. The van der Waals surface area contributed by atoms with Crippen LogP contribution in [0.5, 0.6) is 0 Å². The number of hydrogen-bond donors (Lipinski definition) is 0. The van der Waals surface area contributed by atoms with E-state index in [0.717, 1.165) is 24.4 Å². The van der Waals surface area contributed by atoms with E-state index in [4.69, 9.17) is 0 Å². The molecule has 1 aliphatic heterocycles. The zero-order valence-electron chi connectivity index (χ0n) is 5.78. The van der Waals surface area contributed by atoms with Crippen molar-refractivity contribution in [1.29, 1.82) is 0 Å². The SMILES string of the molecule is CC1=Nn2cnnc2CC1. The van der Waals surface area contributed by atoms with Crippen LogP contribution in [0.25, 0.3) is 0 Å². The summed E-state index contributed by atoms with van der Waals surface area (Å²) in [6.07, 6.45) is 3.62. The number of aromatic nitrogens is 3. The maximum absolute atomic E-state index is 4.21. The molecule has 1 aromatic rings. The summed E-state index contributed by atoms with van der Waals surface area (Å²) < 4.78 is 1.73. The Balaban J connectivity index is 2.50. The minimum atomic E-state index is 0.964. The average Bonchev–Trinajstić information content (AvgIpc) is 2.33. The molecule has 0 bridgehead atoms. The van der Waals surface area contributed by atoms with E-state index in [0.29, 0.717) is 0 Å². The molecule has 2 heterocycles. The molecule has 0 spiro atoms. The van der Waals surface area contributed by atoms with Crippen molar-refractivity contribution in [2.24, 2.45) is 5.10 Å². The first-order valence-electron chi connectivity index (χ1n) is 3.29. The van der Waals surface area contributed by atoms with Crippen molar-refractivity contribution >= 4 is 5.71 Å². The molecule has 0 aromatic carbocycles. The molecule has 4 nitrogen and oxygen atoms in total. The minimum absolute atomic E-state index is 0.964. The summed E-state index contributed by atoms with van der Waals surface area (Å²) in [6, 6.07) is 0. The topological polar surface area (TPSA) is 43.1 Å². The average molecular weight is 136 g/mol. The van der Waals surface area contributed by atoms with Gasteiger partial charge in [-0.05, 0) is 13.3 Å². The van der Waals surface area contributed by atoms with Crippen molar-refractivity contribution in [3.63, 3.8) is 0 Å². The summed E-state index contributed by atoms with van der Waals surface area (Å²) in [7, 11) is 0. The summed E-state index contributed by atoms with van der Waals surface area (Å²) in [5, 5.41) is 11.9. The molecule has 52 valence electrons. The highest BCUT2D eigenvalue weighted by Gasteiger charge is 2.08. The Labute approximate surface area is 58.6 Å². The molecule has 0 atom stereocenters. The highest BCUT2D eigenvalue weighted by Crippen LogP contribution is 2.06. The van der Waals surface area contributed by atoms with Crippen molar-refractivity contribution in [2.75, 3.05) is 0 Å². The Morgan fingerprint density at radius 3 is 3.30 bits per heavy atom. The third kappa shape index (κ3) is 0.725. The molecule has 1 aliphatic rings. The summed E-state index contributed by atoms with van der Waals surface area (Å²) in [5.41, 5.74) is 1.15. The second-order valence-corrected chi connectivity index (χ2v) is 2.43. The molecule has 0 radical (unpaired) electrons. The van der Waals surface area contributed by atoms with Crippen LogP contribution < -0.4 is 0 Å². The molecule has 1 aromatic heterocycles. The number of fused-ring (bicyclic) bond motifs is 1. The summed E-state index contributed by atoms with van der Waals surface area (Å²) in [6.45, 7) is 2.02. The summed E-state index contributed by atoms with van der Waals surface area (Å²) >= 11 is 0. The van der Waals surface area contributed by atoms with Gasteiger partial charge in [-0.25, -0.2) is 4.68 Å². The first-order chi connectivity index (χ1) is 4.86. The van der Waals surface area contributed by atoms with Gasteiger partial charge in [0.1, 0.15) is 6.33 Å². The lowest BCUT2D eigenvalue weighted by molar-refractivity contribution is 0.728. The van der Waals surface area contributed by atoms with Crippen LogP contribution in [0.1, 0.15) is 19.2 Å². The van der Waals surface area contributed by atoms with Crippen LogP contribution in [0.3, 0.4) is 0 Å². The van der Waals surface area contributed by atoms with Gasteiger partial charge in [0.15, 0.2) is 5.82 Å². The van der Waals surface area contributed by atoms with Gasteiger partial charge >= 0.3 is 0 Å². The normalized spacial score (nSPS) is 16.3. The van der Waals surface area contributed by atoms with Crippen LogP contribution in [0.15, 0.2) is 11.4 Å². The largest absolute Gasteiger partial charge is 0.205 e. The molecule has 0 amide bonds. The number of nitrogens with zero attached hydrogens (tertiary/aromatic N) is 4. The van der Waals surface area contributed by atoms with Crippen LogP contribution in [0, 0.1) is 0 Å². The monoisotopic (exact) mass is 136 g/mol. The molecule has 0 saturated heterocycles. The van der Waals surface area contributed by atoms with Crippen LogP contribution in [-0.2, 0) is 6.42 Å². The predicted octanol–water partition coefficient (Wildman–Crippen LogP) is 0.448. The highest BCUT2D eigenvalue weighted by molar-refractivity contribution is 5.82. The van der Waals surface area contributed by atoms with Gasteiger partial charge < -0.3 is 0 Å². The Morgan fingerprint density at radius 2 is 2.40 bits per heavy atom. The lowest BCUT2D eigenvalue weighted by Gasteiger charge is -2.07. The number of aryl methyl sites for hydroxylation is 1. The molecule has 0 saturated carbocycles. The van der Waals surface area contributed by atoms with Crippen molar-refractivity contribution in [1.82, 2.24) is 14.9 Å². The zero-order valence-corrected chi connectivity index (χ0v) is 5.78. The van der Waals surface area contributed by atoms with Gasteiger partial charge in [-0.1, -0.05) is 0 Å². The third-order valence-corrected chi connectivity index (χ3v) is 1.59. The fourth-order valence-corrected chi connectivity index (χ4v) is 1.03. The van der Waals surface area contributed by atoms with Crippen molar-refractivity contribution in [2.45, 2.75) is 19.8 Å². The van der Waals surface area contributed by atoms with Gasteiger partial charge in [-0.3, -0.25) is 0 Å². The first kappa shape index (κ1) is 5.58. The number of rotatable bonds is 0. The standard InChI is InChI=1S/C6H8N4/c1-5-2-3-6-8-7-4-10(6)9-5/h4H,2-3H2,1H3. The van der Waals surface area contributed by atoms with Crippen molar-refractivity contribution in [3.05, 3.63) is 12.2 Å². The van der Waals surface area contributed by atoms with Gasteiger partial charge in [-0.2, -0.15) is 5.10 Å². The van der Waals surface area contributed by atoms with Gasteiger partial charge in [0.2, 0.25) is 0 Å². The molecule has 0 aliphatic carbocycles. The Bertz CT molecular complexity index is 273. The second-order valence-electron chi connectivity index (χ2n) is 2.43. The predicted molar refractivity (Wildman–Crippen MR) is 36.9 cm³/mol. The van der Waals surface area contributed by atoms with E-state index in [1.54, 1.807) is 11.0 Å². The zero-order chi connectivity index (χ0) is 6.97. The summed E-state index contributed by atoms with van der Waals surface area (Å²) in [5.74, 6) is 0.964. The fraction of sp³-hybridized carbons (Fsp3) is 0.500. The van der Waals surface area contributed by atoms with Gasteiger partial charge in [-0.15, -0.1) is 10.2 Å².